The third-order valence-corrected chi connectivity index (χ3v) is 2.81. The molecule has 0 aromatic heterocycles. The van der Waals surface area contributed by atoms with Gasteiger partial charge in [-0.1, -0.05) is 19.3 Å². The molecule has 0 N–H and O–H groups in total. The van der Waals surface area contributed by atoms with Crippen molar-refractivity contribution < 1.29 is 9.53 Å². The van der Waals surface area contributed by atoms with E-state index in [-0.39, 0.29) is 6.10 Å². The first kappa shape index (κ1) is 9.72. The lowest BCUT2D eigenvalue weighted by Crippen LogP contribution is -2.25. The summed E-state index contributed by atoms with van der Waals surface area (Å²) in [7, 11) is 1.71. The Morgan fingerprint density at radius 3 is 2.58 bits per heavy atom. The monoisotopic (exact) mass is 170 g/mol. The van der Waals surface area contributed by atoms with Gasteiger partial charge in [0.15, 0.2) is 0 Å². The van der Waals surface area contributed by atoms with Gasteiger partial charge in [0.25, 0.3) is 0 Å². The summed E-state index contributed by atoms with van der Waals surface area (Å²) in [4.78, 5) is 10.3. The zero-order valence-corrected chi connectivity index (χ0v) is 7.79. The second-order valence-corrected chi connectivity index (χ2v) is 3.57. The van der Waals surface area contributed by atoms with Crippen LogP contribution in [0.15, 0.2) is 0 Å². The quantitative estimate of drug-likeness (QED) is 0.604. The first-order chi connectivity index (χ1) is 5.88. The molecule has 2 heteroatoms. The Kier molecular flexibility index (Phi) is 4.30. The molecular formula is C10H18O2. The van der Waals surface area contributed by atoms with Crippen LogP contribution in [0.25, 0.3) is 0 Å². The van der Waals surface area contributed by atoms with E-state index in [1.165, 1.54) is 32.1 Å². The molecule has 70 valence electrons. The summed E-state index contributed by atoms with van der Waals surface area (Å²) < 4.78 is 5.30. The van der Waals surface area contributed by atoms with E-state index in [0.29, 0.717) is 12.3 Å². The second-order valence-electron chi connectivity index (χ2n) is 3.57. The Labute approximate surface area is 74.3 Å². The molecule has 0 saturated heterocycles. The van der Waals surface area contributed by atoms with Gasteiger partial charge in [0.05, 0.1) is 6.10 Å². The van der Waals surface area contributed by atoms with Gasteiger partial charge in [0.2, 0.25) is 0 Å². The van der Waals surface area contributed by atoms with Gasteiger partial charge >= 0.3 is 0 Å². The Morgan fingerprint density at radius 2 is 2.08 bits per heavy atom. The Balaban J connectivity index is 2.34. The van der Waals surface area contributed by atoms with Crippen LogP contribution in [0.4, 0.5) is 0 Å². The second kappa shape index (κ2) is 5.31. The van der Waals surface area contributed by atoms with Gasteiger partial charge in [-0.3, -0.25) is 0 Å². The van der Waals surface area contributed by atoms with Crippen molar-refractivity contribution in [3.05, 3.63) is 0 Å². The zero-order valence-electron chi connectivity index (χ0n) is 7.79. The molecule has 1 aliphatic rings. The topological polar surface area (TPSA) is 26.3 Å². The number of ether oxygens (including phenoxy) is 1. The Morgan fingerprint density at radius 1 is 1.42 bits per heavy atom. The van der Waals surface area contributed by atoms with Crippen molar-refractivity contribution in [1.29, 1.82) is 0 Å². The summed E-state index contributed by atoms with van der Waals surface area (Å²) in [5, 5.41) is 0. The molecule has 0 spiro atoms. The molecule has 0 aliphatic heterocycles. The minimum absolute atomic E-state index is 0.183. The predicted octanol–water partition coefficient (Wildman–Crippen LogP) is 2.17. The molecule has 1 rings (SSSR count). The van der Waals surface area contributed by atoms with Crippen molar-refractivity contribution in [3.63, 3.8) is 0 Å². The summed E-state index contributed by atoms with van der Waals surface area (Å²) in [5.74, 6) is 0.633. The lowest BCUT2D eigenvalue weighted by atomic mass is 9.84. The van der Waals surface area contributed by atoms with Gasteiger partial charge in [-0.25, -0.2) is 0 Å². The number of carbonyl (C=O) groups is 1. The first-order valence-electron chi connectivity index (χ1n) is 4.85. The number of aldehydes is 1. The maximum absolute atomic E-state index is 10.3. The van der Waals surface area contributed by atoms with E-state index in [9.17, 15) is 4.79 Å². The molecule has 0 radical (unpaired) electrons. The average Bonchev–Trinajstić information content (AvgIpc) is 2.15. The van der Waals surface area contributed by atoms with Crippen LogP contribution in [0.2, 0.25) is 0 Å². The van der Waals surface area contributed by atoms with Crippen LogP contribution in [0.3, 0.4) is 0 Å². The number of hydrogen-bond donors (Lipinski definition) is 0. The normalized spacial score (nSPS) is 22.1. The van der Waals surface area contributed by atoms with Gasteiger partial charge < -0.3 is 9.53 Å². The predicted molar refractivity (Wildman–Crippen MR) is 48.1 cm³/mol. The highest BCUT2D eigenvalue weighted by atomic mass is 16.5. The van der Waals surface area contributed by atoms with E-state index in [0.717, 1.165) is 6.29 Å². The van der Waals surface area contributed by atoms with Crippen LogP contribution in [0, 0.1) is 5.92 Å². The summed E-state index contributed by atoms with van der Waals surface area (Å²) in [5.41, 5.74) is 0. The molecule has 1 atom stereocenters. The Bertz CT molecular complexity index is 128. The molecule has 0 heterocycles. The summed E-state index contributed by atoms with van der Waals surface area (Å²) in [6, 6.07) is 0. The van der Waals surface area contributed by atoms with Crippen molar-refractivity contribution in [1.82, 2.24) is 0 Å². The van der Waals surface area contributed by atoms with Crippen molar-refractivity contribution in [2.24, 2.45) is 5.92 Å². The van der Waals surface area contributed by atoms with Gasteiger partial charge in [-0.15, -0.1) is 0 Å². The highest BCUT2D eigenvalue weighted by Crippen LogP contribution is 2.28. The van der Waals surface area contributed by atoms with Crippen LogP contribution in [0.1, 0.15) is 38.5 Å². The van der Waals surface area contributed by atoms with Crippen molar-refractivity contribution in [2.45, 2.75) is 44.6 Å². The minimum atomic E-state index is 0.183. The van der Waals surface area contributed by atoms with Gasteiger partial charge in [0.1, 0.15) is 6.29 Å². The fourth-order valence-electron chi connectivity index (χ4n) is 2.08. The van der Waals surface area contributed by atoms with Gasteiger partial charge in [-0.2, -0.15) is 0 Å². The minimum Gasteiger partial charge on any atom is -0.381 e. The van der Waals surface area contributed by atoms with Crippen LogP contribution >= 0.6 is 0 Å². The third-order valence-electron chi connectivity index (χ3n) is 2.81. The number of carbonyl (C=O) groups excluding carboxylic acids is 1. The third kappa shape index (κ3) is 2.59. The standard InChI is InChI=1S/C10H18O2/c1-12-10(7-8-11)9-5-3-2-4-6-9/h8-10H,2-7H2,1H3. The summed E-state index contributed by atoms with van der Waals surface area (Å²) in [6.45, 7) is 0. The van der Waals surface area contributed by atoms with Gasteiger partial charge in [0, 0.05) is 13.5 Å². The molecule has 0 bridgehead atoms. The SMILES string of the molecule is COC(CC=O)C1CCCCC1. The number of methoxy groups -OCH3 is 1. The van der Waals surface area contributed by atoms with Crippen LogP contribution in [-0.4, -0.2) is 19.5 Å². The van der Waals surface area contributed by atoms with Crippen molar-refractivity contribution in [2.75, 3.05) is 7.11 Å². The fraction of sp³-hybridized carbons (Fsp3) is 0.900. The van der Waals surface area contributed by atoms with E-state index >= 15 is 0 Å². The molecule has 0 aromatic rings. The number of rotatable bonds is 4. The van der Waals surface area contributed by atoms with E-state index in [1.54, 1.807) is 7.11 Å². The molecular weight excluding hydrogens is 152 g/mol. The fourth-order valence-corrected chi connectivity index (χ4v) is 2.08. The summed E-state index contributed by atoms with van der Waals surface area (Å²) in [6.07, 6.45) is 8.19. The lowest BCUT2D eigenvalue weighted by Gasteiger charge is -2.27. The Hall–Kier alpha value is -0.370. The maximum Gasteiger partial charge on any atom is 0.122 e. The first-order valence-corrected chi connectivity index (χ1v) is 4.85. The molecule has 0 aromatic carbocycles. The molecule has 1 saturated carbocycles. The van der Waals surface area contributed by atoms with Crippen LogP contribution < -0.4 is 0 Å². The van der Waals surface area contributed by atoms with Crippen molar-refractivity contribution in [3.8, 4) is 0 Å². The van der Waals surface area contributed by atoms with Gasteiger partial charge in [-0.05, 0) is 18.8 Å². The highest BCUT2D eigenvalue weighted by molar-refractivity contribution is 5.50. The average molecular weight is 170 g/mol. The lowest BCUT2D eigenvalue weighted by molar-refractivity contribution is -0.111. The zero-order chi connectivity index (χ0) is 8.81. The van der Waals surface area contributed by atoms with E-state index < -0.39 is 0 Å². The smallest absolute Gasteiger partial charge is 0.122 e. The molecule has 2 nitrogen and oxygen atoms in total. The molecule has 1 fully saturated rings. The molecule has 12 heavy (non-hydrogen) atoms. The van der Waals surface area contributed by atoms with Crippen LogP contribution in [0.5, 0.6) is 0 Å². The van der Waals surface area contributed by atoms with Crippen molar-refractivity contribution >= 4 is 6.29 Å². The molecule has 0 amide bonds. The number of hydrogen-bond acceptors (Lipinski definition) is 2. The largest absolute Gasteiger partial charge is 0.381 e. The van der Waals surface area contributed by atoms with E-state index in [1.807, 2.05) is 0 Å². The molecule has 1 aliphatic carbocycles. The van der Waals surface area contributed by atoms with Crippen LogP contribution in [-0.2, 0) is 9.53 Å². The highest BCUT2D eigenvalue weighted by Gasteiger charge is 2.22. The maximum atomic E-state index is 10.3. The van der Waals surface area contributed by atoms with E-state index in [2.05, 4.69) is 0 Å². The molecule has 1 unspecified atom stereocenters. The van der Waals surface area contributed by atoms with E-state index in [4.69, 9.17) is 4.74 Å². The summed E-state index contributed by atoms with van der Waals surface area (Å²) >= 11 is 0.